The number of sulfonamides is 1. The van der Waals surface area contributed by atoms with E-state index < -0.39 is 32.1 Å². The monoisotopic (exact) mass is 739 g/mol. The number of amides is 1. The van der Waals surface area contributed by atoms with Crippen molar-refractivity contribution in [2.45, 2.75) is 22.5 Å². The number of piperazine rings is 1. The summed E-state index contributed by atoms with van der Waals surface area (Å²) in [7, 11) is -7.22. The Morgan fingerprint density at radius 1 is 0.750 bits per heavy atom. The number of hydrogen-bond donors (Lipinski definition) is 0. The first-order valence-corrected chi connectivity index (χ1v) is 19.3. The molecule has 0 spiro atoms. The number of pyridine rings is 2. The molecule has 2 aromatic heterocycles. The van der Waals surface area contributed by atoms with Crippen molar-refractivity contribution in [2.24, 2.45) is 0 Å². The highest BCUT2D eigenvalue weighted by Crippen LogP contribution is 2.28. The lowest BCUT2D eigenvalue weighted by molar-refractivity contribution is -0.135. The van der Waals surface area contributed by atoms with E-state index in [1.165, 1.54) is 43.7 Å². The van der Waals surface area contributed by atoms with Gasteiger partial charge in [0.1, 0.15) is 17.6 Å². The lowest BCUT2D eigenvalue weighted by Crippen LogP contribution is -2.56. The molecule has 1 saturated heterocycles. The second-order valence-corrected chi connectivity index (χ2v) is 15.8. The second-order valence-electron chi connectivity index (χ2n) is 12.4. The SMILES string of the molecule is CN(C(Cc1ccc(OS(=O)(=O)c2nccc3ccccc23)cc1)C(=O)N1CCN(c2ccc(F)cc2)CC1)S(=O)(=O)c1nccc2ccccc12. The highest BCUT2D eigenvalue weighted by Gasteiger charge is 2.38. The van der Waals surface area contributed by atoms with Gasteiger partial charge in [-0.15, -0.1) is 0 Å². The van der Waals surface area contributed by atoms with Gasteiger partial charge in [-0.3, -0.25) is 4.79 Å². The molecule has 1 unspecified atom stereocenters. The number of rotatable bonds is 10. The molecule has 0 N–H and O–H groups in total. The molecule has 266 valence electrons. The van der Waals surface area contributed by atoms with E-state index in [1.807, 2.05) is 4.90 Å². The molecule has 14 heteroatoms. The van der Waals surface area contributed by atoms with Crippen LogP contribution in [0.15, 0.2) is 132 Å². The topological polar surface area (TPSA) is 130 Å². The van der Waals surface area contributed by atoms with Gasteiger partial charge in [0.25, 0.3) is 10.0 Å². The molecular weight excluding hydrogens is 706 g/mol. The lowest BCUT2D eigenvalue weighted by Gasteiger charge is -2.39. The lowest BCUT2D eigenvalue weighted by atomic mass is 10.0. The van der Waals surface area contributed by atoms with Crippen LogP contribution in [0.25, 0.3) is 21.5 Å². The van der Waals surface area contributed by atoms with Gasteiger partial charge in [-0.05, 0) is 71.3 Å². The van der Waals surface area contributed by atoms with Crippen LogP contribution in [0.3, 0.4) is 0 Å². The van der Waals surface area contributed by atoms with E-state index in [1.54, 1.807) is 89.8 Å². The third-order valence-electron chi connectivity index (χ3n) is 9.20. The van der Waals surface area contributed by atoms with E-state index in [0.29, 0.717) is 53.3 Å². The van der Waals surface area contributed by atoms with E-state index in [4.69, 9.17) is 4.18 Å². The molecule has 1 fully saturated rings. The van der Waals surface area contributed by atoms with Gasteiger partial charge in [0.2, 0.25) is 10.9 Å². The van der Waals surface area contributed by atoms with Crippen molar-refractivity contribution in [3.63, 3.8) is 0 Å². The van der Waals surface area contributed by atoms with Crippen molar-refractivity contribution in [2.75, 3.05) is 38.1 Å². The Hall–Kier alpha value is -5.44. The van der Waals surface area contributed by atoms with Crippen molar-refractivity contribution < 1.29 is 30.2 Å². The van der Waals surface area contributed by atoms with Crippen molar-refractivity contribution >= 4 is 53.3 Å². The van der Waals surface area contributed by atoms with Crippen LogP contribution in [-0.4, -0.2) is 81.2 Å². The fraction of sp³-hybridized carbons (Fsp3) is 0.184. The maximum Gasteiger partial charge on any atom is 0.357 e. The Balaban J connectivity index is 1.15. The van der Waals surface area contributed by atoms with E-state index in [9.17, 15) is 26.0 Å². The maximum atomic E-state index is 14.3. The van der Waals surface area contributed by atoms with E-state index >= 15 is 0 Å². The zero-order valence-electron chi connectivity index (χ0n) is 28.0. The molecule has 0 aliphatic carbocycles. The van der Waals surface area contributed by atoms with Crippen LogP contribution in [0.4, 0.5) is 10.1 Å². The fourth-order valence-corrected chi connectivity index (χ4v) is 8.90. The number of fused-ring (bicyclic) bond motifs is 2. The minimum Gasteiger partial charge on any atom is -0.378 e. The number of halogens is 1. The Kier molecular flexibility index (Phi) is 9.62. The molecule has 4 aromatic carbocycles. The van der Waals surface area contributed by atoms with E-state index in [0.717, 1.165) is 9.99 Å². The summed E-state index contributed by atoms with van der Waals surface area (Å²) < 4.78 is 75.0. The molecule has 1 aliphatic heterocycles. The number of likely N-dealkylation sites (N-methyl/N-ethyl adjacent to an activating group) is 1. The standard InChI is InChI=1S/C38H34FN5O6S2/c1-42(51(46,47)36-33-8-4-2-6-28(33)18-20-40-36)35(38(45)44-24-22-43(23-25-44)31-14-12-30(39)13-15-31)26-27-10-16-32(17-11-27)50-52(48,49)37-34-9-5-3-7-29(34)19-21-41-37/h2-21,35H,22-26H2,1H3. The number of carbonyl (C=O) groups is 1. The van der Waals surface area contributed by atoms with Crippen LogP contribution in [0.1, 0.15) is 5.56 Å². The molecule has 0 saturated carbocycles. The molecule has 11 nitrogen and oxygen atoms in total. The molecule has 3 heterocycles. The number of carbonyl (C=O) groups excluding carboxylic acids is 1. The van der Waals surface area contributed by atoms with Crippen LogP contribution in [-0.2, 0) is 31.4 Å². The molecule has 1 atom stereocenters. The molecule has 52 heavy (non-hydrogen) atoms. The average Bonchev–Trinajstić information content (AvgIpc) is 3.17. The number of aromatic nitrogens is 2. The first-order valence-electron chi connectivity index (χ1n) is 16.5. The van der Waals surface area contributed by atoms with Gasteiger partial charge in [-0.2, -0.15) is 12.7 Å². The number of hydrogen-bond acceptors (Lipinski definition) is 9. The third kappa shape index (κ3) is 7.04. The van der Waals surface area contributed by atoms with Crippen LogP contribution >= 0.6 is 0 Å². The van der Waals surface area contributed by atoms with Gasteiger partial charge >= 0.3 is 10.1 Å². The number of benzene rings is 4. The first kappa shape index (κ1) is 35.0. The number of nitrogens with zero attached hydrogens (tertiary/aromatic N) is 5. The largest absolute Gasteiger partial charge is 0.378 e. The van der Waals surface area contributed by atoms with Crippen molar-refractivity contribution in [3.05, 3.63) is 133 Å². The molecule has 1 aliphatic rings. The van der Waals surface area contributed by atoms with Gasteiger partial charge in [0.05, 0.1) is 0 Å². The molecule has 6 aromatic rings. The smallest absolute Gasteiger partial charge is 0.357 e. The molecule has 0 bridgehead atoms. The Labute approximate surface area is 301 Å². The number of anilines is 1. The quantitative estimate of drug-likeness (QED) is 0.173. The van der Waals surface area contributed by atoms with Gasteiger partial charge < -0.3 is 14.0 Å². The van der Waals surface area contributed by atoms with Gasteiger partial charge in [-0.25, -0.2) is 22.8 Å². The molecular formula is C38H34FN5O6S2. The normalized spacial score (nSPS) is 14.5. The Morgan fingerprint density at radius 2 is 1.31 bits per heavy atom. The van der Waals surface area contributed by atoms with Gasteiger partial charge in [-0.1, -0.05) is 60.7 Å². The van der Waals surface area contributed by atoms with Crippen molar-refractivity contribution in [3.8, 4) is 5.75 Å². The fourth-order valence-electron chi connectivity index (χ4n) is 6.38. The predicted molar refractivity (Wildman–Crippen MR) is 195 cm³/mol. The summed E-state index contributed by atoms with van der Waals surface area (Å²) in [5.74, 6) is -0.706. The average molecular weight is 740 g/mol. The zero-order chi connectivity index (χ0) is 36.5. The predicted octanol–water partition coefficient (Wildman–Crippen LogP) is 5.27. The van der Waals surface area contributed by atoms with Crippen molar-refractivity contribution in [1.82, 2.24) is 19.2 Å². The zero-order valence-corrected chi connectivity index (χ0v) is 29.7. The minimum atomic E-state index is -4.30. The summed E-state index contributed by atoms with van der Waals surface area (Å²) in [5, 5.41) is 1.86. The summed E-state index contributed by atoms with van der Waals surface area (Å²) in [6, 6.07) is 28.5. The molecule has 0 radical (unpaired) electrons. The van der Waals surface area contributed by atoms with Crippen LogP contribution in [0.5, 0.6) is 5.75 Å². The van der Waals surface area contributed by atoms with Crippen molar-refractivity contribution in [1.29, 1.82) is 0 Å². The summed E-state index contributed by atoms with van der Waals surface area (Å²) in [4.78, 5) is 26.3. The Morgan fingerprint density at radius 3 is 1.92 bits per heavy atom. The van der Waals surface area contributed by atoms with Gasteiger partial charge in [0.15, 0.2) is 5.03 Å². The second kappa shape index (κ2) is 14.3. The van der Waals surface area contributed by atoms with E-state index in [2.05, 4.69) is 9.97 Å². The third-order valence-corrected chi connectivity index (χ3v) is 12.2. The van der Waals surface area contributed by atoms with E-state index in [-0.39, 0.29) is 28.0 Å². The minimum absolute atomic E-state index is 0.0184. The van der Waals surface area contributed by atoms with Gasteiger partial charge in [0, 0.05) is 62.1 Å². The highest BCUT2D eigenvalue weighted by molar-refractivity contribution is 7.89. The summed E-state index contributed by atoms with van der Waals surface area (Å²) >= 11 is 0. The Bertz CT molecular complexity index is 2460. The van der Waals surface area contributed by atoms with Crippen LogP contribution in [0, 0.1) is 5.82 Å². The summed E-state index contributed by atoms with van der Waals surface area (Å²) in [6.45, 7) is 1.58. The maximum absolute atomic E-state index is 14.3. The van der Waals surface area contributed by atoms with Crippen LogP contribution < -0.4 is 9.08 Å². The summed E-state index contributed by atoms with van der Waals surface area (Å²) in [5.41, 5.74) is 1.40. The summed E-state index contributed by atoms with van der Waals surface area (Å²) in [6.07, 6.45) is 2.81. The first-order chi connectivity index (χ1) is 25.0. The molecule has 1 amide bonds. The molecule has 7 rings (SSSR count). The highest BCUT2D eigenvalue weighted by atomic mass is 32.2. The van der Waals surface area contributed by atoms with Crippen LogP contribution in [0.2, 0.25) is 0 Å².